The molecule has 0 saturated heterocycles. The van der Waals surface area contributed by atoms with E-state index in [-0.39, 0.29) is 5.88 Å². The van der Waals surface area contributed by atoms with E-state index in [4.69, 9.17) is 0 Å². The maximum absolute atomic E-state index is 9.53. The van der Waals surface area contributed by atoms with Crippen molar-refractivity contribution in [2.45, 2.75) is 13.3 Å². The fourth-order valence-electron chi connectivity index (χ4n) is 1.16. The van der Waals surface area contributed by atoms with Crippen molar-refractivity contribution >= 4 is 5.65 Å². The van der Waals surface area contributed by atoms with Crippen LogP contribution in [0.4, 0.5) is 0 Å². The summed E-state index contributed by atoms with van der Waals surface area (Å²) in [7, 11) is 0. The van der Waals surface area contributed by atoms with Crippen LogP contribution in [-0.4, -0.2) is 19.7 Å². The van der Waals surface area contributed by atoms with Gasteiger partial charge in [0.1, 0.15) is 5.69 Å². The fraction of sp³-hybridized carbons (Fsp3) is 0.250. The Morgan fingerprint density at radius 1 is 1.58 bits per heavy atom. The van der Waals surface area contributed by atoms with Crippen molar-refractivity contribution in [3.63, 3.8) is 0 Å². The van der Waals surface area contributed by atoms with Gasteiger partial charge in [0.15, 0.2) is 5.65 Å². The summed E-state index contributed by atoms with van der Waals surface area (Å²) in [5, 5.41) is 13.5. The molecule has 0 aliphatic heterocycles. The largest absolute Gasteiger partial charge is 0.492 e. The van der Waals surface area contributed by atoms with Crippen molar-refractivity contribution in [2.24, 2.45) is 0 Å². The number of aryl methyl sites for hydroxylation is 1. The van der Waals surface area contributed by atoms with E-state index in [0.717, 1.165) is 6.42 Å². The predicted molar refractivity (Wildman–Crippen MR) is 44.0 cm³/mol. The molecule has 0 bridgehead atoms. The van der Waals surface area contributed by atoms with E-state index in [2.05, 4.69) is 10.1 Å². The number of imidazole rings is 1. The molecule has 4 nitrogen and oxygen atoms in total. The Kier molecular flexibility index (Phi) is 1.46. The van der Waals surface area contributed by atoms with Gasteiger partial charge in [-0.3, -0.25) is 0 Å². The van der Waals surface area contributed by atoms with Crippen LogP contribution >= 0.6 is 0 Å². The molecule has 2 rings (SSSR count). The molecule has 0 atom stereocenters. The lowest BCUT2D eigenvalue weighted by molar-refractivity contribution is 0.432. The molecular formula is C8H9N3O. The van der Waals surface area contributed by atoms with Crippen LogP contribution in [-0.2, 0) is 6.42 Å². The van der Waals surface area contributed by atoms with Gasteiger partial charge in [0.05, 0.1) is 0 Å². The number of nitrogens with zero attached hydrogens (tertiary/aromatic N) is 3. The molecule has 0 aliphatic rings. The van der Waals surface area contributed by atoms with E-state index in [9.17, 15) is 5.11 Å². The van der Waals surface area contributed by atoms with Crippen LogP contribution in [0.5, 0.6) is 5.88 Å². The number of fused-ring (bicyclic) bond motifs is 1. The lowest BCUT2D eigenvalue weighted by atomic mass is 10.4. The maximum Gasteiger partial charge on any atom is 0.236 e. The summed E-state index contributed by atoms with van der Waals surface area (Å²) in [5.41, 5.74) is 1.38. The third kappa shape index (κ3) is 0.845. The Labute approximate surface area is 69.5 Å². The van der Waals surface area contributed by atoms with E-state index in [0.29, 0.717) is 11.3 Å². The highest BCUT2D eigenvalue weighted by molar-refractivity contribution is 5.43. The zero-order valence-corrected chi connectivity index (χ0v) is 6.73. The highest BCUT2D eigenvalue weighted by atomic mass is 16.3. The minimum absolute atomic E-state index is 0.146. The highest BCUT2D eigenvalue weighted by Crippen LogP contribution is 2.17. The molecule has 0 unspecified atom stereocenters. The first-order chi connectivity index (χ1) is 5.83. The standard InChI is InChI=1S/C8H9N3O/c1-2-6-8(12)11-7(10-6)4-3-5-9-11/h3-5,12H,2H2,1H3. The predicted octanol–water partition coefficient (Wildman–Crippen LogP) is 0.997. The molecule has 1 N–H and O–H groups in total. The van der Waals surface area contributed by atoms with Crippen LogP contribution in [0, 0.1) is 0 Å². The SMILES string of the molecule is CCc1nc2cccnn2c1O. The number of aromatic hydroxyl groups is 1. The summed E-state index contributed by atoms with van der Waals surface area (Å²) >= 11 is 0. The van der Waals surface area contributed by atoms with E-state index in [1.807, 2.05) is 13.0 Å². The minimum atomic E-state index is 0.146. The van der Waals surface area contributed by atoms with Gasteiger partial charge in [0, 0.05) is 6.20 Å². The summed E-state index contributed by atoms with van der Waals surface area (Å²) in [4.78, 5) is 4.18. The molecule has 62 valence electrons. The summed E-state index contributed by atoms with van der Waals surface area (Å²) < 4.78 is 1.43. The number of rotatable bonds is 1. The number of hydrogen-bond acceptors (Lipinski definition) is 3. The summed E-state index contributed by atoms with van der Waals surface area (Å²) in [6, 6.07) is 3.60. The molecule has 2 heterocycles. The first-order valence-corrected chi connectivity index (χ1v) is 3.84. The zero-order valence-electron chi connectivity index (χ0n) is 6.73. The molecule has 12 heavy (non-hydrogen) atoms. The van der Waals surface area contributed by atoms with Crippen molar-refractivity contribution in [2.75, 3.05) is 0 Å². The molecular weight excluding hydrogens is 154 g/mol. The molecule has 2 aromatic rings. The first kappa shape index (κ1) is 7.09. The second-order valence-corrected chi connectivity index (χ2v) is 2.53. The van der Waals surface area contributed by atoms with Crippen molar-refractivity contribution in [1.82, 2.24) is 14.6 Å². The summed E-state index contributed by atoms with van der Waals surface area (Å²) in [5.74, 6) is 0.146. The first-order valence-electron chi connectivity index (χ1n) is 3.84. The molecule has 0 radical (unpaired) electrons. The Morgan fingerprint density at radius 3 is 3.08 bits per heavy atom. The van der Waals surface area contributed by atoms with Crippen molar-refractivity contribution < 1.29 is 5.11 Å². The minimum Gasteiger partial charge on any atom is -0.492 e. The van der Waals surface area contributed by atoms with Crippen LogP contribution in [0.2, 0.25) is 0 Å². The molecule has 0 saturated carbocycles. The average Bonchev–Trinajstić information content (AvgIpc) is 2.44. The van der Waals surface area contributed by atoms with Crippen molar-refractivity contribution in [1.29, 1.82) is 0 Å². The molecule has 0 aliphatic carbocycles. The van der Waals surface area contributed by atoms with Gasteiger partial charge >= 0.3 is 0 Å². The monoisotopic (exact) mass is 163 g/mol. The zero-order chi connectivity index (χ0) is 8.55. The molecule has 0 amide bonds. The Balaban J connectivity index is 2.78. The van der Waals surface area contributed by atoms with Gasteiger partial charge in [0.25, 0.3) is 0 Å². The number of hydrogen-bond donors (Lipinski definition) is 1. The summed E-state index contributed by atoms with van der Waals surface area (Å²) in [6.07, 6.45) is 2.34. The molecule has 0 spiro atoms. The smallest absolute Gasteiger partial charge is 0.236 e. The van der Waals surface area contributed by atoms with E-state index >= 15 is 0 Å². The highest BCUT2D eigenvalue weighted by Gasteiger charge is 2.08. The van der Waals surface area contributed by atoms with Gasteiger partial charge in [-0.05, 0) is 18.6 Å². The molecule has 0 aromatic carbocycles. The van der Waals surface area contributed by atoms with Crippen molar-refractivity contribution in [3.8, 4) is 5.88 Å². The Hall–Kier alpha value is -1.58. The van der Waals surface area contributed by atoms with Gasteiger partial charge in [-0.2, -0.15) is 9.61 Å². The Morgan fingerprint density at radius 2 is 2.42 bits per heavy atom. The van der Waals surface area contributed by atoms with Gasteiger partial charge in [-0.25, -0.2) is 4.98 Å². The third-order valence-electron chi connectivity index (χ3n) is 1.77. The Bertz CT molecular complexity index is 408. The average molecular weight is 163 g/mol. The van der Waals surface area contributed by atoms with Crippen LogP contribution in [0.3, 0.4) is 0 Å². The fourth-order valence-corrected chi connectivity index (χ4v) is 1.16. The number of aromatic nitrogens is 3. The third-order valence-corrected chi connectivity index (χ3v) is 1.77. The second-order valence-electron chi connectivity index (χ2n) is 2.53. The lowest BCUT2D eigenvalue weighted by Gasteiger charge is -1.91. The topological polar surface area (TPSA) is 50.4 Å². The quantitative estimate of drug-likeness (QED) is 0.682. The van der Waals surface area contributed by atoms with E-state index < -0.39 is 0 Å². The van der Waals surface area contributed by atoms with Crippen LogP contribution < -0.4 is 0 Å². The van der Waals surface area contributed by atoms with E-state index in [1.165, 1.54) is 4.52 Å². The van der Waals surface area contributed by atoms with Crippen LogP contribution in [0.1, 0.15) is 12.6 Å². The van der Waals surface area contributed by atoms with Gasteiger partial charge in [-0.15, -0.1) is 0 Å². The lowest BCUT2D eigenvalue weighted by Crippen LogP contribution is -1.87. The van der Waals surface area contributed by atoms with Crippen LogP contribution in [0.15, 0.2) is 18.3 Å². The van der Waals surface area contributed by atoms with Gasteiger partial charge < -0.3 is 5.11 Å². The second kappa shape index (κ2) is 2.48. The van der Waals surface area contributed by atoms with E-state index in [1.54, 1.807) is 12.3 Å². The van der Waals surface area contributed by atoms with Crippen molar-refractivity contribution in [3.05, 3.63) is 24.0 Å². The molecule has 0 fully saturated rings. The molecule has 4 heteroatoms. The molecule has 2 aromatic heterocycles. The van der Waals surface area contributed by atoms with Gasteiger partial charge in [0.2, 0.25) is 5.88 Å². The maximum atomic E-state index is 9.53. The van der Waals surface area contributed by atoms with Gasteiger partial charge in [-0.1, -0.05) is 6.92 Å². The van der Waals surface area contributed by atoms with Crippen LogP contribution in [0.25, 0.3) is 5.65 Å². The normalized spacial score (nSPS) is 10.8. The summed E-state index contributed by atoms with van der Waals surface area (Å²) in [6.45, 7) is 1.95.